The molecule has 0 heterocycles. The molecule has 36 heavy (non-hydrogen) atoms. The molecule has 2 rings (SSSR count). The number of esters is 3. The lowest BCUT2D eigenvalue weighted by molar-refractivity contribution is -0.139. The Hall–Kier alpha value is -4.60. The summed E-state index contributed by atoms with van der Waals surface area (Å²) in [6.45, 7) is 7.01. The van der Waals surface area contributed by atoms with E-state index < -0.39 is 24.1 Å². The summed E-state index contributed by atoms with van der Waals surface area (Å²) in [6.07, 6.45) is 2.31. The van der Waals surface area contributed by atoms with Crippen LogP contribution in [0, 0.1) is 0 Å². The molecule has 0 saturated carbocycles. The van der Waals surface area contributed by atoms with Crippen molar-refractivity contribution in [3.05, 3.63) is 79.6 Å². The predicted molar refractivity (Wildman–Crippen MR) is 127 cm³/mol. The summed E-state index contributed by atoms with van der Waals surface area (Å²) in [5, 5.41) is 0. The van der Waals surface area contributed by atoms with Gasteiger partial charge in [-0.1, -0.05) is 13.2 Å². The van der Waals surface area contributed by atoms with Crippen molar-refractivity contribution in [2.75, 3.05) is 19.8 Å². The lowest BCUT2D eigenvalue weighted by Gasteiger charge is -2.08. The van der Waals surface area contributed by atoms with E-state index in [2.05, 4.69) is 17.9 Å². The Morgan fingerprint density at radius 2 is 1.31 bits per heavy atom. The Labute approximate surface area is 208 Å². The van der Waals surface area contributed by atoms with E-state index >= 15 is 0 Å². The number of hydrogen-bond acceptors (Lipinski definition) is 10. The van der Waals surface area contributed by atoms with Gasteiger partial charge in [-0.3, -0.25) is 4.79 Å². The Kier molecular flexibility index (Phi) is 11.8. The smallest absolute Gasteiger partial charge is 0.493 e. The van der Waals surface area contributed by atoms with Crippen LogP contribution in [0.2, 0.25) is 0 Å². The number of carbonyl (C=O) groups is 4. The average molecular weight is 498 g/mol. The monoisotopic (exact) mass is 498 g/mol. The van der Waals surface area contributed by atoms with Gasteiger partial charge in [0.05, 0.1) is 38.1 Å². The minimum Gasteiger partial charge on any atom is -0.493 e. The molecule has 190 valence electrons. The first-order valence-corrected chi connectivity index (χ1v) is 10.9. The highest BCUT2D eigenvalue weighted by atomic mass is 16.7. The standard InChI is InChI=1S/C26H26O10/c1-3-23(27)33-16-5-6-17-34-26(30)36-22-13-11-21(12-14-22)35-25(29)19-7-9-20(10-8-19)32-18-15-24(28)31-4-2/h3-4,7-14H,1-2,5-6,15-18H2. The second-order valence-electron chi connectivity index (χ2n) is 6.92. The van der Waals surface area contributed by atoms with Crippen LogP contribution >= 0.6 is 0 Å². The number of rotatable bonds is 14. The van der Waals surface area contributed by atoms with E-state index in [1.54, 1.807) is 12.1 Å². The van der Waals surface area contributed by atoms with Crippen LogP contribution in [-0.4, -0.2) is 43.9 Å². The van der Waals surface area contributed by atoms with Gasteiger partial charge < -0.3 is 28.4 Å². The predicted octanol–water partition coefficient (Wildman–Crippen LogP) is 4.39. The summed E-state index contributed by atoms with van der Waals surface area (Å²) >= 11 is 0. The van der Waals surface area contributed by atoms with E-state index in [0.717, 1.165) is 12.3 Å². The molecule has 0 aliphatic heterocycles. The molecule has 0 saturated heterocycles. The van der Waals surface area contributed by atoms with Gasteiger partial charge in [-0.15, -0.1) is 0 Å². The van der Waals surface area contributed by atoms with Crippen molar-refractivity contribution in [1.29, 1.82) is 0 Å². The van der Waals surface area contributed by atoms with Gasteiger partial charge in [-0.05, 0) is 61.4 Å². The third-order valence-electron chi connectivity index (χ3n) is 4.28. The van der Waals surface area contributed by atoms with Crippen LogP contribution in [0.1, 0.15) is 29.6 Å². The molecular weight excluding hydrogens is 472 g/mol. The lowest BCUT2D eigenvalue weighted by atomic mass is 10.2. The number of unbranched alkanes of at least 4 members (excludes halogenated alkanes) is 1. The second-order valence-corrected chi connectivity index (χ2v) is 6.92. The maximum Gasteiger partial charge on any atom is 0.513 e. The van der Waals surface area contributed by atoms with Crippen LogP contribution < -0.4 is 14.2 Å². The molecule has 0 atom stereocenters. The first kappa shape index (κ1) is 27.6. The van der Waals surface area contributed by atoms with Gasteiger partial charge in [0.2, 0.25) is 0 Å². The molecule has 2 aromatic rings. The fourth-order valence-corrected chi connectivity index (χ4v) is 2.55. The molecule has 10 heteroatoms. The molecular formula is C26H26O10. The molecule has 0 fully saturated rings. The van der Waals surface area contributed by atoms with E-state index in [0.29, 0.717) is 18.6 Å². The van der Waals surface area contributed by atoms with Crippen molar-refractivity contribution in [1.82, 2.24) is 0 Å². The molecule has 10 nitrogen and oxygen atoms in total. The number of hydrogen-bond donors (Lipinski definition) is 0. The summed E-state index contributed by atoms with van der Waals surface area (Å²) in [5.74, 6) is -0.632. The van der Waals surface area contributed by atoms with Crippen LogP contribution in [0.4, 0.5) is 4.79 Å². The number of carbonyl (C=O) groups excluding carboxylic acids is 4. The maximum atomic E-state index is 12.3. The van der Waals surface area contributed by atoms with E-state index in [4.69, 9.17) is 23.7 Å². The van der Waals surface area contributed by atoms with Gasteiger partial charge in [0.1, 0.15) is 17.2 Å². The third-order valence-corrected chi connectivity index (χ3v) is 4.28. The Bertz CT molecular complexity index is 1040. The van der Waals surface area contributed by atoms with Crippen LogP contribution in [0.3, 0.4) is 0 Å². The van der Waals surface area contributed by atoms with Crippen LogP contribution in [0.15, 0.2) is 74.0 Å². The summed E-state index contributed by atoms with van der Waals surface area (Å²) in [7, 11) is 0. The highest BCUT2D eigenvalue weighted by Gasteiger charge is 2.11. The van der Waals surface area contributed by atoms with E-state index in [1.165, 1.54) is 36.4 Å². The summed E-state index contributed by atoms with van der Waals surface area (Å²) < 4.78 is 30.1. The van der Waals surface area contributed by atoms with E-state index in [-0.39, 0.29) is 43.3 Å². The molecule has 0 unspecified atom stereocenters. The number of ether oxygens (including phenoxy) is 6. The van der Waals surface area contributed by atoms with Gasteiger partial charge in [0.15, 0.2) is 0 Å². The van der Waals surface area contributed by atoms with E-state index in [9.17, 15) is 19.2 Å². The molecule has 0 bridgehead atoms. The van der Waals surface area contributed by atoms with Gasteiger partial charge in [0.25, 0.3) is 0 Å². The SMILES string of the molecule is C=COC(=O)CCOc1ccc(C(=O)Oc2ccc(OC(=O)OCCCCOC(=O)C=C)cc2)cc1. The van der Waals surface area contributed by atoms with E-state index in [1.807, 2.05) is 0 Å². The molecule has 2 aromatic carbocycles. The highest BCUT2D eigenvalue weighted by molar-refractivity contribution is 5.91. The van der Waals surface area contributed by atoms with Crippen LogP contribution in [0.25, 0.3) is 0 Å². The van der Waals surface area contributed by atoms with Crippen molar-refractivity contribution in [3.8, 4) is 17.2 Å². The third kappa shape index (κ3) is 10.6. The summed E-state index contributed by atoms with van der Waals surface area (Å²) in [5.41, 5.74) is 0.288. The molecule has 0 aliphatic rings. The minimum atomic E-state index is -0.886. The quantitative estimate of drug-likeness (QED) is 0.0705. The Balaban J connectivity index is 1.71. The first-order chi connectivity index (χ1) is 17.4. The fraction of sp³-hybridized carbons (Fsp3) is 0.231. The topological polar surface area (TPSA) is 124 Å². The van der Waals surface area contributed by atoms with Crippen LogP contribution in [-0.2, 0) is 23.8 Å². The minimum absolute atomic E-state index is 0.0578. The normalized spacial score (nSPS) is 9.89. The van der Waals surface area contributed by atoms with Crippen molar-refractivity contribution in [2.45, 2.75) is 19.3 Å². The van der Waals surface area contributed by atoms with Crippen molar-refractivity contribution >= 4 is 24.1 Å². The largest absolute Gasteiger partial charge is 0.513 e. The average Bonchev–Trinajstić information content (AvgIpc) is 2.87. The van der Waals surface area contributed by atoms with Gasteiger partial charge in [-0.2, -0.15) is 0 Å². The maximum absolute atomic E-state index is 12.3. The van der Waals surface area contributed by atoms with Crippen molar-refractivity contribution < 1.29 is 47.6 Å². The Morgan fingerprint density at radius 3 is 1.92 bits per heavy atom. The summed E-state index contributed by atoms with van der Waals surface area (Å²) in [6, 6.07) is 12.0. The van der Waals surface area contributed by atoms with Gasteiger partial charge in [-0.25, -0.2) is 14.4 Å². The number of benzene rings is 2. The summed E-state index contributed by atoms with van der Waals surface area (Å²) in [4.78, 5) is 46.2. The second kappa shape index (κ2) is 15.3. The van der Waals surface area contributed by atoms with Gasteiger partial charge in [0, 0.05) is 6.08 Å². The zero-order valence-electron chi connectivity index (χ0n) is 19.5. The molecule has 0 spiro atoms. The first-order valence-electron chi connectivity index (χ1n) is 10.9. The molecule has 0 N–H and O–H groups in total. The molecule has 0 amide bonds. The zero-order valence-corrected chi connectivity index (χ0v) is 19.5. The highest BCUT2D eigenvalue weighted by Crippen LogP contribution is 2.20. The van der Waals surface area contributed by atoms with Crippen molar-refractivity contribution in [3.63, 3.8) is 0 Å². The van der Waals surface area contributed by atoms with Crippen LogP contribution in [0.5, 0.6) is 17.2 Å². The fourth-order valence-electron chi connectivity index (χ4n) is 2.55. The van der Waals surface area contributed by atoms with Crippen molar-refractivity contribution in [2.24, 2.45) is 0 Å². The molecule has 0 aliphatic carbocycles. The Morgan fingerprint density at radius 1 is 0.722 bits per heavy atom. The molecule has 0 aromatic heterocycles. The zero-order chi connectivity index (χ0) is 26.2. The van der Waals surface area contributed by atoms with Gasteiger partial charge >= 0.3 is 24.1 Å². The molecule has 0 radical (unpaired) electrons. The lowest BCUT2D eigenvalue weighted by Crippen LogP contribution is -2.12.